The fourth-order valence-electron chi connectivity index (χ4n) is 0.983. The summed E-state index contributed by atoms with van der Waals surface area (Å²) in [5.41, 5.74) is 6.39. The van der Waals surface area contributed by atoms with Gasteiger partial charge in [-0.05, 0) is 18.5 Å². The monoisotopic (exact) mass is 191 g/mol. The molecule has 0 radical (unpaired) electrons. The summed E-state index contributed by atoms with van der Waals surface area (Å²) < 4.78 is 0. The number of unbranched alkanes of at least 4 members (excludes halogenated alkanes) is 2. The summed E-state index contributed by atoms with van der Waals surface area (Å²) in [7, 11) is 0. The second kappa shape index (κ2) is 10.0. The van der Waals surface area contributed by atoms with Gasteiger partial charge in [-0.2, -0.15) is 0 Å². The number of hydrogen-bond donors (Lipinski definition) is 1. The summed E-state index contributed by atoms with van der Waals surface area (Å²) in [6, 6.07) is 10.0. The minimum absolute atomic E-state index is 0.855. The molecule has 0 amide bonds. The van der Waals surface area contributed by atoms with Gasteiger partial charge in [0.2, 0.25) is 0 Å². The van der Waals surface area contributed by atoms with Crippen LogP contribution in [0.5, 0.6) is 0 Å². The quantitative estimate of drug-likeness (QED) is 0.725. The Bertz CT molecular complexity index is 212. The third-order valence-electron chi connectivity index (χ3n) is 1.84. The van der Waals surface area contributed by atoms with Gasteiger partial charge in [0.05, 0.1) is 0 Å². The third kappa shape index (κ3) is 7.56. The molecular weight excluding hydrogens is 170 g/mol. The highest BCUT2D eigenvalue weighted by molar-refractivity contribution is 5.45. The molecule has 0 heterocycles. The molecule has 0 aliphatic heterocycles. The molecule has 0 aliphatic rings. The summed E-state index contributed by atoms with van der Waals surface area (Å²) in [6.45, 7) is 6.66. The lowest BCUT2D eigenvalue weighted by molar-refractivity contribution is 0.727. The smallest absolute Gasteiger partial charge is 0.00773 e. The number of nitrogens with two attached hydrogens (primary N) is 1. The molecular formula is C13H21N. The van der Waals surface area contributed by atoms with E-state index in [4.69, 9.17) is 5.73 Å². The van der Waals surface area contributed by atoms with Crippen LogP contribution in [0, 0.1) is 0 Å². The molecule has 0 bridgehead atoms. The van der Waals surface area contributed by atoms with E-state index in [0.29, 0.717) is 0 Å². The van der Waals surface area contributed by atoms with E-state index in [1.165, 1.54) is 24.8 Å². The van der Waals surface area contributed by atoms with Crippen LogP contribution in [0.3, 0.4) is 0 Å². The van der Waals surface area contributed by atoms with Gasteiger partial charge in [-0.3, -0.25) is 0 Å². The van der Waals surface area contributed by atoms with Crippen molar-refractivity contribution in [1.29, 1.82) is 0 Å². The standard InChI is InChI=1S/C8H8.C5H13N/c1-2-8-6-4-3-5-7-8;1-2-3-4-5-6/h2-7H,1H2;2-6H2,1H3. The molecule has 0 aliphatic carbocycles. The Labute approximate surface area is 87.6 Å². The molecule has 0 unspecified atom stereocenters. The van der Waals surface area contributed by atoms with E-state index in [1.54, 1.807) is 0 Å². The van der Waals surface area contributed by atoms with E-state index in [2.05, 4.69) is 13.5 Å². The van der Waals surface area contributed by atoms with Gasteiger partial charge in [-0.25, -0.2) is 0 Å². The molecule has 0 aromatic heterocycles. The highest BCUT2D eigenvalue weighted by Crippen LogP contribution is 1.97. The number of hydrogen-bond acceptors (Lipinski definition) is 1. The Morgan fingerprint density at radius 3 is 2.14 bits per heavy atom. The maximum Gasteiger partial charge on any atom is -0.00773 e. The minimum Gasteiger partial charge on any atom is -0.330 e. The summed E-state index contributed by atoms with van der Waals surface area (Å²) in [6.07, 6.45) is 5.59. The highest BCUT2D eigenvalue weighted by Gasteiger charge is 1.76. The molecule has 1 aromatic rings. The lowest BCUT2D eigenvalue weighted by Gasteiger charge is -1.86. The van der Waals surface area contributed by atoms with Crippen molar-refractivity contribution in [2.24, 2.45) is 5.73 Å². The second-order valence-electron chi connectivity index (χ2n) is 3.11. The molecule has 0 spiro atoms. The van der Waals surface area contributed by atoms with E-state index in [9.17, 15) is 0 Å². The van der Waals surface area contributed by atoms with Gasteiger partial charge in [-0.15, -0.1) is 0 Å². The third-order valence-corrected chi connectivity index (χ3v) is 1.84. The van der Waals surface area contributed by atoms with Crippen molar-refractivity contribution >= 4 is 6.08 Å². The van der Waals surface area contributed by atoms with Crippen molar-refractivity contribution in [3.8, 4) is 0 Å². The SMILES string of the molecule is C=Cc1ccccc1.CCCCCN. The van der Waals surface area contributed by atoms with Crippen molar-refractivity contribution < 1.29 is 0 Å². The van der Waals surface area contributed by atoms with Gasteiger partial charge in [0, 0.05) is 0 Å². The maximum absolute atomic E-state index is 5.21. The molecule has 14 heavy (non-hydrogen) atoms. The predicted octanol–water partition coefficient (Wildman–Crippen LogP) is 3.46. The summed E-state index contributed by atoms with van der Waals surface area (Å²) in [5, 5.41) is 0. The zero-order chi connectivity index (χ0) is 10.6. The van der Waals surface area contributed by atoms with Crippen LogP contribution < -0.4 is 5.73 Å². The molecule has 0 fully saturated rings. The van der Waals surface area contributed by atoms with Gasteiger partial charge < -0.3 is 5.73 Å². The molecule has 1 rings (SSSR count). The average molecular weight is 191 g/mol. The van der Waals surface area contributed by atoms with Crippen LogP contribution in [-0.4, -0.2) is 6.54 Å². The lowest BCUT2D eigenvalue weighted by Crippen LogP contribution is -1.96. The predicted molar refractivity (Wildman–Crippen MR) is 65.1 cm³/mol. The Morgan fingerprint density at radius 1 is 1.21 bits per heavy atom. The number of rotatable bonds is 4. The fraction of sp³-hybridized carbons (Fsp3) is 0.385. The highest BCUT2D eigenvalue weighted by atomic mass is 14.5. The molecule has 1 heteroatoms. The average Bonchev–Trinajstić information content (AvgIpc) is 2.28. The Hall–Kier alpha value is -1.08. The molecule has 0 saturated heterocycles. The van der Waals surface area contributed by atoms with Crippen LogP contribution in [0.1, 0.15) is 31.7 Å². The topological polar surface area (TPSA) is 26.0 Å². The molecule has 0 saturated carbocycles. The van der Waals surface area contributed by atoms with Crippen LogP contribution in [0.2, 0.25) is 0 Å². The zero-order valence-electron chi connectivity index (χ0n) is 9.08. The first-order chi connectivity index (χ1) is 6.85. The lowest BCUT2D eigenvalue weighted by atomic mass is 10.2. The second-order valence-corrected chi connectivity index (χ2v) is 3.11. The van der Waals surface area contributed by atoms with E-state index >= 15 is 0 Å². The van der Waals surface area contributed by atoms with Crippen molar-refractivity contribution in [1.82, 2.24) is 0 Å². The maximum atomic E-state index is 5.21. The first-order valence-electron chi connectivity index (χ1n) is 5.22. The van der Waals surface area contributed by atoms with Crippen LogP contribution in [0.25, 0.3) is 6.08 Å². The first-order valence-corrected chi connectivity index (χ1v) is 5.22. The first kappa shape index (κ1) is 12.9. The van der Waals surface area contributed by atoms with Crippen molar-refractivity contribution in [2.75, 3.05) is 6.54 Å². The normalized spacial score (nSPS) is 8.71. The largest absolute Gasteiger partial charge is 0.330 e. The van der Waals surface area contributed by atoms with Crippen LogP contribution in [0.15, 0.2) is 36.9 Å². The summed E-state index contributed by atoms with van der Waals surface area (Å²) in [5.74, 6) is 0. The Kier molecular flexibility index (Phi) is 9.23. The van der Waals surface area contributed by atoms with Crippen LogP contribution in [0.4, 0.5) is 0 Å². The summed E-state index contributed by atoms with van der Waals surface area (Å²) >= 11 is 0. The van der Waals surface area contributed by atoms with Crippen LogP contribution in [-0.2, 0) is 0 Å². The Balaban J connectivity index is 0.000000255. The van der Waals surface area contributed by atoms with Crippen LogP contribution >= 0.6 is 0 Å². The van der Waals surface area contributed by atoms with Gasteiger partial charge in [-0.1, -0.05) is 62.8 Å². The Morgan fingerprint density at radius 2 is 1.86 bits per heavy atom. The fourth-order valence-corrected chi connectivity index (χ4v) is 0.983. The van der Waals surface area contributed by atoms with E-state index in [-0.39, 0.29) is 0 Å². The molecule has 78 valence electrons. The zero-order valence-corrected chi connectivity index (χ0v) is 9.08. The summed E-state index contributed by atoms with van der Waals surface area (Å²) in [4.78, 5) is 0. The molecule has 1 aromatic carbocycles. The minimum atomic E-state index is 0.855. The molecule has 2 N–H and O–H groups in total. The van der Waals surface area contributed by atoms with Gasteiger partial charge in [0.1, 0.15) is 0 Å². The van der Waals surface area contributed by atoms with E-state index in [1.807, 2.05) is 36.4 Å². The van der Waals surface area contributed by atoms with Gasteiger partial charge in [0.25, 0.3) is 0 Å². The van der Waals surface area contributed by atoms with Gasteiger partial charge >= 0.3 is 0 Å². The van der Waals surface area contributed by atoms with Gasteiger partial charge in [0.15, 0.2) is 0 Å². The van der Waals surface area contributed by atoms with Crippen molar-refractivity contribution in [3.63, 3.8) is 0 Å². The number of benzene rings is 1. The van der Waals surface area contributed by atoms with E-state index in [0.717, 1.165) is 6.54 Å². The van der Waals surface area contributed by atoms with Crippen molar-refractivity contribution in [3.05, 3.63) is 42.5 Å². The molecule has 1 nitrogen and oxygen atoms in total. The molecule has 0 atom stereocenters. The van der Waals surface area contributed by atoms with Crippen molar-refractivity contribution in [2.45, 2.75) is 26.2 Å². The van der Waals surface area contributed by atoms with E-state index < -0.39 is 0 Å².